The highest BCUT2D eigenvalue weighted by atomic mass is 32.2. The van der Waals surface area contributed by atoms with Gasteiger partial charge >= 0.3 is 0 Å². The summed E-state index contributed by atoms with van der Waals surface area (Å²) in [5.41, 5.74) is 0.854. The maximum atomic E-state index is 12.8. The zero-order chi connectivity index (χ0) is 14.5. The van der Waals surface area contributed by atoms with Crippen molar-refractivity contribution >= 4 is 22.9 Å². The highest BCUT2D eigenvalue weighted by molar-refractivity contribution is 8.13. The highest BCUT2D eigenvalue weighted by Crippen LogP contribution is 2.17. The fraction of sp³-hybridized carbons (Fsp3) is 0.429. The Kier molecular flexibility index (Phi) is 5.00. The molecule has 1 unspecified atom stereocenters. The monoisotopic (exact) mass is 296 g/mol. The Morgan fingerprint density at radius 2 is 2.15 bits per heavy atom. The van der Waals surface area contributed by atoms with Gasteiger partial charge < -0.3 is 10.2 Å². The van der Waals surface area contributed by atoms with E-state index in [0.717, 1.165) is 11.3 Å². The van der Waals surface area contributed by atoms with Gasteiger partial charge in [0.05, 0.1) is 6.04 Å². The quantitative estimate of drug-likeness (QED) is 0.908. The molecule has 1 heterocycles. The normalized spacial score (nSPS) is 16.3. The van der Waals surface area contributed by atoms with Crippen molar-refractivity contribution in [2.45, 2.75) is 19.4 Å². The predicted molar refractivity (Wildman–Crippen MR) is 77.0 cm³/mol. The second-order valence-corrected chi connectivity index (χ2v) is 5.74. The number of amides is 2. The topological polar surface area (TPSA) is 49.4 Å². The number of nitrogens with zero attached hydrogens (tertiary/aromatic N) is 1. The average molecular weight is 296 g/mol. The number of carbonyl (C=O) groups is 2. The summed E-state index contributed by atoms with van der Waals surface area (Å²) in [6.07, 6.45) is 0.290. The molecular weight excluding hydrogens is 279 g/mol. The fourth-order valence-corrected chi connectivity index (χ4v) is 2.87. The van der Waals surface area contributed by atoms with Crippen molar-refractivity contribution in [1.82, 2.24) is 10.2 Å². The van der Waals surface area contributed by atoms with Crippen LogP contribution in [0.2, 0.25) is 0 Å². The second kappa shape index (κ2) is 6.74. The van der Waals surface area contributed by atoms with Crippen molar-refractivity contribution in [1.29, 1.82) is 0 Å². The summed E-state index contributed by atoms with van der Waals surface area (Å²) < 4.78 is 12.8. The van der Waals surface area contributed by atoms with Crippen molar-refractivity contribution in [3.05, 3.63) is 35.6 Å². The van der Waals surface area contributed by atoms with Crippen LogP contribution in [0.3, 0.4) is 0 Å². The third-order valence-corrected chi connectivity index (χ3v) is 4.09. The molecule has 2 amide bonds. The van der Waals surface area contributed by atoms with Gasteiger partial charge in [-0.05, 0) is 24.6 Å². The minimum Gasteiger partial charge on any atom is -0.350 e. The van der Waals surface area contributed by atoms with Gasteiger partial charge in [-0.3, -0.25) is 9.59 Å². The lowest BCUT2D eigenvalue weighted by atomic mass is 10.1. The van der Waals surface area contributed by atoms with Crippen molar-refractivity contribution in [3.63, 3.8) is 0 Å². The van der Waals surface area contributed by atoms with Gasteiger partial charge in [0.1, 0.15) is 5.82 Å². The summed E-state index contributed by atoms with van der Waals surface area (Å²) in [6.45, 7) is 3.01. The van der Waals surface area contributed by atoms with Crippen LogP contribution < -0.4 is 5.32 Å². The molecule has 0 spiro atoms. The minimum absolute atomic E-state index is 0.0457. The Balaban J connectivity index is 1.79. The molecular formula is C14H17FN2O2S. The molecule has 1 aromatic rings. The molecule has 2 rings (SSSR count). The van der Waals surface area contributed by atoms with Crippen LogP contribution in [0, 0.1) is 5.82 Å². The second-order valence-electron chi connectivity index (χ2n) is 4.69. The van der Waals surface area contributed by atoms with E-state index in [9.17, 15) is 14.0 Å². The lowest BCUT2D eigenvalue weighted by Gasteiger charge is -2.17. The number of nitrogens with one attached hydrogen (secondary N) is 1. The van der Waals surface area contributed by atoms with Gasteiger partial charge in [-0.15, -0.1) is 0 Å². The molecule has 1 aromatic carbocycles. The number of hydrogen-bond donors (Lipinski definition) is 1. The van der Waals surface area contributed by atoms with E-state index < -0.39 is 0 Å². The van der Waals surface area contributed by atoms with Crippen molar-refractivity contribution in [3.8, 4) is 0 Å². The zero-order valence-corrected chi connectivity index (χ0v) is 12.1. The van der Waals surface area contributed by atoms with Crippen LogP contribution in [-0.4, -0.2) is 34.9 Å². The summed E-state index contributed by atoms with van der Waals surface area (Å²) in [7, 11) is 0. The molecule has 0 bridgehead atoms. The molecule has 1 saturated heterocycles. The van der Waals surface area contributed by atoms with Crippen LogP contribution >= 0.6 is 11.8 Å². The van der Waals surface area contributed by atoms with E-state index in [-0.39, 0.29) is 29.4 Å². The van der Waals surface area contributed by atoms with E-state index in [1.165, 1.54) is 23.9 Å². The van der Waals surface area contributed by atoms with E-state index >= 15 is 0 Å². The highest BCUT2D eigenvalue weighted by Gasteiger charge is 2.21. The Hall–Kier alpha value is -1.56. The molecule has 1 fully saturated rings. The molecule has 1 N–H and O–H groups in total. The molecule has 6 heteroatoms. The summed E-state index contributed by atoms with van der Waals surface area (Å²) in [5.74, 6) is 0.399. The number of benzene rings is 1. The van der Waals surface area contributed by atoms with Gasteiger partial charge in [0.2, 0.25) is 5.91 Å². The molecule has 0 aliphatic carbocycles. The van der Waals surface area contributed by atoms with E-state index in [1.54, 1.807) is 17.0 Å². The molecule has 108 valence electrons. The Morgan fingerprint density at radius 1 is 1.45 bits per heavy atom. The smallest absolute Gasteiger partial charge is 0.281 e. The Morgan fingerprint density at radius 3 is 2.75 bits per heavy atom. The van der Waals surface area contributed by atoms with E-state index in [0.29, 0.717) is 13.1 Å². The largest absolute Gasteiger partial charge is 0.350 e. The van der Waals surface area contributed by atoms with Gasteiger partial charge in [-0.1, -0.05) is 23.9 Å². The van der Waals surface area contributed by atoms with Gasteiger partial charge in [-0.25, -0.2) is 4.39 Å². The van der Waals surface area contributed by atoms with Gasteiger partial charge in [0, 0.05) is 25.3 Å². The number of thioether (sulfide) groups is 1. The SMILES string of the molecule is CC(NC(=O)CCN1CCSC1=O)c1ccc(F)cc1. The zero-order valence-electron chi connectivity index (χ0n) is 11.3. The standard InChI is InChI=1S/C14H17FN2O2S/c1-10(11-2-4-12(15)5-3-11)16-13(18)6-7-17-8-9-20-14(17)19/h2-5,10H,6-9H2,1H3,(H,16,18). The van der Waals surface area contributed by atoms with E-state index in [2.05, 4.69) is 5.32 Å². The van der Waals surface area contributed by atoms with E-state index in [1.807, 2.05) is 6.92 Å². The first kappa shape index (κ1) is 14.8. The lowest BCUT2D eigenvalue weighted by molar-refractivity contribution is -0.121. The number of rotatable bonds is 5. The average Bonchev–Trinajstić information content (AvgIpc) is 2.82. The number of hydrogen-bond acceptors (Lipinski definition) is 3. The summed E-state index contributed by atoms with van der Waals surface area (Å²) >= 11 is 1.29. The molecule has 1 aliphatic rings. The van der Waals surface area contributed by atoms with Crippen molar-refractivity contribution < 1.29 is 14.0 Å². The first-order valence-electron chi connectivity index (χ1n) is 6.53. The molecule has 4 nitrogen and oxygen atoms in total. The van der Waals surface area contributed by atoms with Crippen LogP contribution in [0.1, 0.15) is 24.9 Å². The predicted octanol–water partition coefficient (Wildman–Crippen LogP) is 2.56. The van der Waals surface area contributed by atoms with Gasteiger partial charge in [0.25, 0.3) is 5.24 Å². The maximum absolute atomic E-state index is 12.8. The summed E-state index contributed by atoms with van der Waals surface area (Å²) in [6, 6.07) is 5.88. The first-order chi connectivity index (χ1) is 9.56. The number of carbonyl (C=O) groups excluding carboxylic acids is 2. The first-order valence-corrected chi connectivity index (χ1v) is 7.51. The fourth-order valence-electron chi connectivity index (χ4n) is 2.01. The molecule has 0 saturated carbocycles. The van der Waals surface area contributed by atoms with Crippen LogP contribution in [0.4, 0.5) is 9.18 Å². The summed E-state index contributed by atoms with van der Waals surface area (Å²) in [5, 5.41) is 2.89. The molecule has 0 radical (unpaired) electrons. The number of halogens is 1. The molecule has 1 atom stereocenters. The molecule has 1 aliphatic heterocycles. The van der Waals surface area contributed by atoms with Crippen LogP contribution in [0.15, 0.2) is 24.3 Å². The summed E-state index contributed by atoms with van der Waals surface area (Å²) in [4.78, 5) is 24.9. The lowest BCUT2D eigenvalue weighted by Crippen LogP contribution is -2.32. The van der Waals surface area contributed by atoms with Crippen molar-refractivity contribution in [2.75, 3.05) is 18.8 Å². The Bertz CT molecular complexity index is 492. The molecule has 0 aromatic heterocycles. The van der Waals surface area contributed by atoms with Crippen molar-refractivity contribution in [2.24, 2.45) is 0 Å². The van der Waals surface area contributed by atoms with E-state index in [4.69, 9.17) is 0 Å². The molecule has 20 heavy (non-hydrogen) atoms. The minimum atomic E-state index is -0.294. The maximum Gasteiger partial charge on any atom is 0.281 e. The Labute approximate surface area is 121 Å². The van der Waals surface area contributed by atoms with Gasteiger partial charge in [0.15, 0.2) is 0 Å². The van der Waals surface area contributed by atoms with Crippen LogP contribution in [0.25, 0.3) is 0 Å². The van der Waals surface area contributed by atoms with Crippen LogP contribution in [0.5, 0.6) is 0 Å². The van der Waals surface area contributed by atoms with Crippen LogP contribution in [-0.2, 0) is 4.79 Å². The third-order valence-electron chi connectivity index (χ3n) is 3.20. The third kappa shape index (κ3) is 3.96. The van der Waals surface area contributed by atoms with Gasteiger partial charge in [-0.2, -0.15) is 0 Å².